The van der Waals surface area contributed by atoms with Crippen molar-refractivity contribution < 1.29 is 19.0 Å². The molecule has 164 valence electrons. The van der Waals surface area contributed by atoms with Crippen molar-refractivity contribution in [1.29, 1.82) is 0 Å². The molecule has 2 atom stereocenters. The minimum Gasteiger partial charge on any atom is -0.444 e. The highest BCUT2D eigenvalue weighted by atomic mass is 19.1. The van der Waals surface area contributed by atoms with Crippen molar-refractivity contribution in [2.45, 2.75) is 76.7 Å². The SMILES string of the molecule is CC(C)(C)OC(=O)N1[C@H]([C@H](O)c2cccc(/N=N/N3CCCC3)c2F)C2CC1(C)C2. The highest BCUT2D eigenvalue weighted by Gasteiger charge is 2.63. The predicted molar refractivity (Wildman–Crippen MR) is 110 cm³/mol. The molecule has 2 bridgehead atoms. The molecule has 7 nitrogen and oxygen atoms in total. The van der Waals surface area contributed by atoms with Crippen molar-refractivity contribution >= 4 is 11.8 Å². The quantitative estimate of drug-likeness (QED) is 0.717. The lowest BCUT2D eigenvalue weighted by molar-refractivity contribution is -0.00944. The Kier molecular flexibility index (Phi) is 5.24. The Hall–Kier alpha value is -2.22. The zero-order chi connectivity index (χ0) is 21.7. The normalized spacial score (nSPS) is 29.4. The van der Waals surface area contributed by atoms with Crippen LogP contribution in [0.3, 0.4) is 0 Å². The Balaban J connectivity index is 1.58. The lowest BCUT2D eigenvalue weighted by Crippen LogP contribution is -2.49. The molecule has 1 aromatic rings. The number of halogens is 1. The molecule has 3 heterocycles. The lowest BCUT2D eigenvalue weighted by Gasteiger charge is -2.39. The molecular formula is C22H31FN4O3. The van der Waals surface area contributed by atoms with Crippen molar-refractivity contribution in [2.24, 2.45) is 16.3 Å². The number of nitrogens with zero attached hydrogens (tertiary/aromatic N) is 4. The second-order valence-electron chi connectivity index (χ2n) is 9.98. The van der Waals surface area contributed by atoms with Gasteiger partial charge in [-0.25, -0.2) is 9.18 Å². The van der Waals surface area contributed by atoms with Gasteiger partial charge in [0, 0.05) is 24.2 Å². The number of aliphatic hydroxyl groups excluding tert-OH is 1. The first-order valence-electron chi connectivity index (χ1n) is 10.7. The van der Waals surface area contributed by atoms with E-state index < -0.39 is 29.7 Å². The molecule has 0 aromatic heterocycles. The van der Waals surface area contributed by atoms with E-state index in [0.717, 1.165) is 38.8 Å². The van der Waals surface area contributed by atoms with Crippen LogP contribution in [0.5, 0.6) is 0 Å². The number of ether oxygens (including phenoxy) is 1. The molecule has 0 unspecified atom stereocenters. The van der Waals surface area contributed by atoms with Crippen LogP contribution in [0.1, 0.15) is 65.0 Å². The first-order valence-corrected chi connectivity index (χ1v) is 10.7. The van der Waals surface area contributed by atoms with Gasteiger partial charge in [0.1, 0.15) is 17.4 Å². The number of carbonyl (C=O) groups excluding carboxylic acids is 1. The van der Waals surface area contributed by atoms with Gasteiger partial charge < -0.3 is 9.84 Å². The van der Waals surface area contributed by atoms with Crippen LogP contribution in [-0.2, 0) is 4.74 Å². The van der Waals surface area contributed by atoms with Crippen molar-refractivity contribution in [1.82, 2.24) is 9.91 Å². The summed E-state index contributed by atoms with van der Waals surface area (Å²) in [5.41, 5.74) is -0.763. The molecule has 1 aliphatic carbocycles. The van der Waals surface area contributed by atoms with Crippen LogP contribution in [0.2, 0.25) is 0 Å². The zero-order valence-corrected chi connectivity index (χ0v) is 18.1. The van der Waals surface area contributed by atoms with Crippen LogP contribution in [0.25, 0.3) is 0 Å². The summed E-state index contributed by atoms with van der Waals surface area (Å²) in [5.74, 6) is -0.474. The maximum absolute atomic E-state index is 15.2. The molecule has 4 fully saturated rings. The predicted octanol–water partition coefficient (Wildman–Crippen LogP) is 4.74. The molecule has 0 spiro atoms. The summed E-state index contributed by atoms with van der Waals surface area (Å²) in [5, 5.41) is 21.2. The average Bonchev–Trinajstić information content (AvgIpc) is 3.31. The Morgan fingerprint density at radius 3 is 2.60 bits per heavy atom. The topological polar surface area (TPSA) is 77.7 Å². The van der Waals surface area contributed by atoms with Crippen LogP contribution in [0, 0.1) is 11.7 Å². The monoisotopic (exact) mass is 418 g/mol. The largest absolute Gasteiger partial charge is 0.444 e. The summed E-state index contributed by atoms with van der Waals surface area (Å²) < 4.78 is 20.8. The van der Waals surface area contributed by atoms with Crippen molar-refractivity contribution in [2.75, 3.05) is 13.1 Å². The van der Waals surface area contributed by atoms with E-state index in [1.165, 1.54) is 0 Å². The van der Waals surface area contributed by atoms with Crippen LogP contribution in [-0.4, -0.2) is 51.4 Å². The van der Waals surface area contributed by atoms with Gasteiger partial charge in [-0.2, -0.15) is 0 Å². The third kappa shape index (κ3) is 3.77. The van der Waals surface area contributed by atoms with Gasteiger partial charge >= 0.3 is 6.09 Å². The van der Waals surface area contributed by atoms with Crippen LogP contribution in [0.4, 0.5) is 14.9 Å². The summed E-state index contributed by atoms with van der Waals surface area (Å²) in [6, 6.07) is 4.25. The van der Waals surface area contributed by atoms with Gasteiger partial charge in [0.2, 0.25) is 0 Å². The Bertz CT molecular complexity index is 841. The van der Waals surface area contributed by atoms with Crippen LogP contribution in [0.15, 0.2) is 28.5 Å². The maximum Gasteiger partial charge on any atom is 0.411 e. The van der Waals surface area contributed by atoms with Crippen LogP contribution < -0.4 is 0 Å². The van der Waals surface area contributed by atoms with Crippen molar-refractivity contribution in [3.63, 3.8) is 0 Å². The molecule has 8 heteroatoms. The van der Waals surface area contributed by atoms with E-state index in [4.69, 9.17) is 4.74 Å². The number of amides is 1. The van der Waals surface area contributed by atoms with Gasteiger partial charge in [-0.3, -0.25) is 9.91 Å². The molecule has 4 aliphatic rings. The fourth-order valence-electron chi connectivity index (χ4n) is 5.06. The summed E-state index contributed by atoms with van der Waals surface area (Å²) >= 11 is 0. The summed E-state index contributed by atoms with van der Waals surface area (Å²) in [6.07, 6.45) is 2.06. The molecule has 1 saturated carbocycles. The third-order valence-corrected chi connectivity index (χ3v) is 6.37. The summed E-state index contributed by atoms with van der Waals surface area (Å²) in [7, 11) is 0. The van der Waals surface area contributed by atoms with E-state index in [9.17, 15) is 9.90 Å². The van der Waals surface area contributed by atoms with E-state index >= 15 is 4.39 Å². The Labute approximate surface area is 176 Å². The van der Waals surface area contributed by atoms with Gasteiger partial charge in [-0.05, 0) is 65.4 Å². The number of benzene rings is 1. The van der Waals surface area contributed by atoms with Gasteiger partial charge in [-0.15, -0.1) is 5.11 Å². The van der Waals surface area contributed by atoms with E-state index in [2.05, 4.69) is 10.3 Å². The molecule has 1 aromatic carbocycles. The second kappa shape index (κ2) is 7.48. The first-order chi connectivity index (χ1) is 14.1. The number of aliphatic hydroxyl groups is 1. The summed E-state index contributed by atoms with van der Waals surface area (Å²) in [6.45, 7) is 9.08. The Morgan fingerprint density at radius 2 is 1.97 bits per heavy atom. The van der Waals surface area contributed by atoms with E-state index in [-0.39, 0.29) is 22.7 Å². The highest BCUT2D eigenvalue weighted by molar-refractivity contribution is 5.71. The smallest absolute Gasteiger partial charge is 0.411 e. The minimum absolute atomic E-state index is 0.0961. The second-order valence-corrected chi connectivity index (χ2v) is 9.98. The van der Waals surface area contributed by atoms with Crippen molar-refractivity contribution in [3.05, 3.63) is 29.6 Å². The van der Waals surface area contributed by atoms with E-state index in [1.54, 1.807) is 23.1 Å². The lowest BCUT2D eigenvalue weighted by atomic mass is 9.72. The Morgan fingerprint density at radius 1 is 1.30 bits per heavy atom. The fraction of sp³-hybridized carbons (Fsp3) is 0.682. The maximum atomic E-state index is 15.2. The molecular weight excluding hydrogens is 387 g/mol. The van der Waals surface area contributed by atoms with Gasteiger partial charge in [-0.1, -0.05) is 17.4 Å². The van der Waals surface area contributed by atoms with Crippen molar-refractivity contribution in [3.8, 4) is 0 Å². The van der Waals surface area contributed by atoms with E-state index in [1.807, 2.05) is 32.7 Å². The number of carbonyl (C=O) groups is 1. The molecule has 1 N–H and O–H groups in total. The minimum atomic E-state index is -1.16. The molecule has 30 heavy (non-hydrogen) atoms. The van der Waals surface area contributed by atoms with E-state index in [0.29, 0.717) is 0 Å². The fourth-order valence-corrected chi connectivity index (χ4v) is 5.06. The zero-order valence-electron chi connectivity index (χ0n) is 18.1. The molecule has 5 rings (SSSR count). The molecule has 0 radical (unpaired) electrons. The summed E-state index contributed by atoms with van der Waals surface area (Å²) in [4.78, 5) is 14.5. The number of hydrogen-bond acceptors (Lipinski definition) is 5. The molecule has 1 amide bonds. The van der Waals surface area contributed by atoms with Crippen LogP contribution >= 0.6 is 0 Å². The van der Waals surface area contributed by atoms with Gasteiger partial charge in [0.05, 0.1) is 6.04 Å². The highest BCUT2D eigenvalue weighted by Crippen LogP contribution is 2.57. The number of fused-ring (bicyclic) bond motifs is 1. The van der Waals surface area contributed by atoms with Gasteiger partial charge in [0.15, 0.2) is 5.82 Å². The standard InChI is InChI=1S/C22H31FN4O3/c1-21(2,3)30-20(29)27-18(14-12-22(27,4)13-14)19(28)15-8-7-9-16(17(15)23)24-25-26-10-5-6-11-26/h7-9,14,18-19,28H,5-6,10-13H2,1-4H3/b25-24+/t14?,18-,19+,22?/m0/s1. The molecule has 3 saturated heterocycles. The average molecular weight is 419 g/mol. The number of rotatable bonds is 4. The number of hydrogen-bond donors (Lipinski definition) is 1. The van der Waals surface area contributed by atoms with Gasteiger partial charge in [0.25, 0.3) is 0 Å². The first kappa shape index (κ1) is 21.0. The molecule has 3 aliphatic heterocycles. The third-order valence-electron chi connectivity index (χ3n) is 6.37.